The molecule has 2 fully saturated rings. The predicted molar refractivity (Wildman–Crippen MR) is 138 cm³/mol. The van der Waals surface area contributed by atoms with Crippen LogP contribution in [-0.2, 0) is 11.2 Å². The summed E-state index contributed by atoms with van der Waals surface area (Å²) in [5.41, 5.74) is 3.21. The number of hydrogen-bond donors (Lipinski definition) is 0. The van der Waals surface area contributed by atoms with E-state index in [-0.39, 0.29) is 24.0 Å². The molecule has 2 aliphatic rings. The molecule has 0 spiro atoms. The van der Waals surface area contributed by atoms with E-state index in [1.54, 1.807) is 16.9 Å². The van der Waals surface area contributed by atoms with Crippen molar-refractivity contribution >= 4 is 17.3 Å². The summed E-state index contributed by atoms with van der Waals surface area (Å²) in [6.45, 7) is 2.09. The standard InChI is InChI=1S/C29H29N5O3/c35-26(22-8-9-22)17-27-31-28-5-1-4-25(34(28)32-27)21-6-10-23(11-7-21)29(36)33-15-12-20(13-16-33)19-37-24-3-2-14-30-18-24/h1-7,10-11,14,18,20,22H,8-9,12-13,15-17,19H2. The first-order valence-corrected chi connectivity index (χ1v) is 12.9. The minimum absolute atomic E-state index is 0.0537. The Bertz CT molecular complexity index is 1400. The van der Waals surface area contributed by atoms with Gasteiger partial charge in [0.15, 0.2) is 11.5 Å². The highest BCUT2D eigenvalue weighted by Crippen LogP contribution is 2.31. The first-order valence-electron chi connectivity index (χ1n) is 12.9. The third-order valence-corrected chi connectivity index (χ3v) is 7.22. The molecule has 1 aliphatic carbocycles. The van der Waals surface area contributed by atoms with Crippen LogP contribution in [0.2, 0.25) is 0 Å². The van der Waals surface area contributed by atoms with Gasteiger partial charge >= 0.3 is 0 Å². The second-order valence-corrected chi connectivity index (χ2v) is 9.94. The van der Waals surface area contributed by atoms with Gasteiger partial charge in [-0.3, -0.25) is 14.6 Å². The first-order chi connectivity index (χ1) is 18.1. The molecule has 0 unspecified atom stereocenters. The number of Topliss-reactive ketones (excluding diaryl/α,β-unsaturated/α-hetero) is 1. The predicted octanol–water partition coefficient (Wildman–Crippen LogP) is 4.24. The fraction of sp³-hybridized carbons (Fsp3) is 0.345. The van der Waals surface area contributed by atoms with E-state index >= 15 is 0 Å². The van der Waals surface area contributed by atoms with Gasteiger partial charge in [0.25, 0.3) is 5.91 Å². The number of carbonyl (C=O) groups excluding carboxylic acids is 2. The second-order valence-electron chi connectivity index (χ2n) is 9.94. The maximum atomic E-state index is 13.1. The van der Waals surface area contributed by atoms with Crippen LogP contribution in [0.5, 0.6) is 5.75 Å². The molecule has 188 valence electrons. The molecule has 0 radical (unpaired) electrons. The average Bonchev–Trinajstić information content (AvgIpc) is 3.72. The van der Waals surface area contributed by atoms with Gasteiger partial charge in [-0.2, -0.15) is 5.10 Å². The van der Waals surface area contributed by atoms with Gasteiger partial charge in [0.2, 0.25) is 0 Å². The Labute approximate surface area is 215 Å². The number of pyridine rings is 2. The van der Waals surface area contributed by atoms with Gasteiger partial charge in [-0.05, 0) is 68.0 Å². The van der Waals surface area contributed by atoms with Crippen molar-refractivity contribution in [3.63, 3.8) is 0 Å². The molecule has 4 aromatic rings. The van der Waals surface area contributed by atoms with Crippen LogP contribution in [0.15, 0.2) is 67.0 Å². The third kappa shape index (κ3) is 5.23. The van der Waals surface area contributed by atoms with Gasteiger partial charge in [-0.15, -0.1) is 0 Å². The van der Waals surface area contributed by atoms with Crippen LogP contribution in [0.3, 0.4) is 0 Å². The molecule has 1 saturated carbocycles. The lowest BCUT2D eigenvalue weighted by atomic mass is 9.97. The number of ketones is 1. The summed E-state index contributed by atoms with van der Waals surface area (Å²) < 4.78 is 7.63. The highest BCUT2D eigenvalue weighted by Gasteiger charge is 2.30. The number of rotatable bonds is 8. The minimum Gasteiger partial charge on any atom is -0.492 e. The molecule has 8 nitrogen and oxygen atoms in total. The Balaban J connectivity index is 1.09. The zero-order valence-corrected chi connectivity index (χ0v) is 20.6. The molecule has 4 heterocycles. The molecule has 1 saturated heterocycles. The summed E-state index contributed by atoms with van der Waals surface area (Å²) in [6.07, 6.45) is 7.55. The van der Waals surface area contributed by atoms with Gasteiger partial charge < -0.3 is 9.64 Å². The molecule has 3 aromatic heterocycles. The van der Waals surface area contributed by atoms with Crippen LogP contribution < -0.4 is 4.74 Å². The lowest BCUT2D eigenvalue weighted by Crippen LogP contribution is -2.39. The molecule has 0 N–H and O–H groups in total. The van der Waals surface area contributed by atoms with Gasteiger partial charge in [0, 0.05) is 36.3 Å². The van der Waals surface area contributed by atoms with Gasteiger partial charge in [-0.1, -0.05) is 18.2 Å². The lowest BCUT2D eigenvalue weighted by Gasteiger charge is -2.32. The Hall–Kier alpha value is -4.07. The van der Waals surface area contributed by atoms with E-state index < -0.39 is 0 Å². The Morgan fingerprint density at radius 1 is 0.946 bits per heavy atom. The minimum atomic E-state index is 0.0537. The summed E-state index contributed by atoms with van der Waals surface area (Å²) in [6, 6.07) is 17.2. The van der Waals surface area contributed by atoms with E-state index in [0.29, 0.717) is 29.6 Å². The number of carbonyl (C=O) groups is 2. The molecule has 0 bridgehead atoms. The maximum Gasteiger partial charge on any atom is 0.253 e. The molecule has 37 heavy (non-hydrogen) atoms. The van der Waals surface area contributed by atoms with E-state index in [0.717, 1.165) is 55.8 Å². The fourth-order valence-electron chi connectivity index (χ4n) is 4.86. The van der Waals surface area contributed by atoms with Crippen LogP contribution in [0.4, 0.5) is 0 Å². The SMILES string of the molecule is O=C(Cc1nc2cccc(-c3ccc(C(=O)N4CCC(COc5cccnc5)CC4)cc3)n2n1)C1CC1. The van der Waals surface area contributed by atoms with Crippen molar-refractivity contribution in [1.29, 1.82) is 0 Å². The quantitative estimate of drug-likeness (QED) is 0.363. The van der Waals surface area contributed by atoms with Crippen molar-refractivity contribution in [2.24, 2.45) is 11.8 Å². The smallest absolute Gasteiger partial charge is 0.253 e. The van der Waals surface area contributed by atoms with Crippen LogP contribution in [0, 0.1) is 11.8 Å². The van der Waals surface area contributed by atoms with Crippen molar-refractivity contribution in [3.8, 4) is 17.0 Å². The van der Waals surface area contributed by atoms with Crippen molar-refractivity contribution in [2.45, 2.75) is 32.1 Å². The molecule has 1 amide bonds. The molecule has 6 rings (SSSR count). The van der Waals surface area contributed by atoms with Crippen LogP contribution in [-0.4, -0.2) is 55.9 Å². The van der Waals surface area contributed by atoms with E-state index in [4.69, 9.17) is 4.74 Å². The summed E-state index contributed by atoms with van der Waals surface area (Å²) in [5, 5.41) is 4.61. The molecular weight excluding hydrogens is 466 g/mol. The highest BCUT2D eigenvalue weighted by atomic mass is 16.5. The number of likely N-dealkylation sites (tertiary alicyclic amines) is 1. The zero-order chi connectivity index (χ0) is 25.2. The monoisotopic (exact) mass is 495 g/mol. The summed E-state index contributed by atoms with van der Waals surface area (Å²) in [5.74, 6) is 2.25. The van der Waals surface area contributed by atoms with E-state index in [1.165, 1.54) is 0 Å². The van der Waals surface area contributed by atoms with Crippen molar-refractivity contribution < 1.29 is 14.3 Å². The number of amides is 1. The number of nitrogens with zero attached hydrogens (tertiary/aromatic N) is 5. The normalized spacial score (nSPS) is 16.2. The lowest BCUT2D eigenvalue weighted by molar-refractivity contribution is -0.119. The number of ether oxygens (including phenoxy) is 1. The van der Waals surface area contributed by atoms with Crippen molar-refractivity contribution in [3.05, 3.63) is 78.4 Å². The van der Waals surface area contributed by atoms with Crippen LogP contribution >= 0.6 is 0 Å². The van der Waals surface area contributed by atoms with E-state index in [9.17, 15) is 9.59 Å². The topological polar surface area (TPSA) is 89.7 Å². The van der Waals surface area contributed by atoms with Crippen molar-refractivity contribution in [2.75, 3.05) is 19.7 Å². The number of fused-ring (bicyclic) bond motifs is 1. The largest absolute Gasteiger partial charge is 0.492 e. The fourth-order valence-corrected chi connectivity index (χ4v) is 4.86. The van der Waals surface area contributed by atoms with Gasteiger partial charge in [-0.25, -0.2) is 9.50 Å². The number of hydrogen-bond acceptors (Lipinski definition) is 6. The van der Waals surface area contributed by atoms with Gasteiger partial charge in [0.1, 0.15) is 11.5 Å². The highest BCUT2D eigenvalue weighted by molar-refractivity contribution is 5.94. The van der Waals surface area contributed by atoms with E-state index in [2.05, 4.69) is 15.1 Å². The molecule has 1 aromatic carbocycles. The Morgan fingerprint density at radius 3 is 2.49 bits per heavy atom. The Morgan fingerprint density at radius 2 is 1.76 bits per heavy atom. The molecule has 0 atom stereocenters. The average molecular weight is 496 g/mol. The summed E-state index contributed by atoms with van der Waals surface area (Å²) in [7, 11) is 0. The van der Waals surface area contributed by atoms with Crippen LogP contribution in [0.1, 0.15) is 41.9 Å². The number of aromatic nitrogens is 4. The summed E-state index contributed by atoms with van der Waals surface area (Å²) >= 11 is 0. The molecule has 1 aliphatic heterocycles. The molecule has 8 heteroatoms. The number of piperidine rings is 1. The maximum absolute atomic E-state index is 13.1. The van der Waals surface area contributed by atoms with Crippen molar-refractivity contribution in [1.82, 2.24) is 24.5 Å². The van der Waals surface area contributed by atoms with E-state index in [1.807, 2.05) is 59.5 Å². The number of benzene rings is 1. The zero-order valence-electron chi connectivity index (χ0n) is 20.6. The second kappa shape index (κ2) is 10.1. The third-order valence-electron chi connectivity index (χ3n) is 7.22. The molecular formula is C29H29N5O3. The Kier molecular flexibility index (Phi) is 6.39. The van der Waals surface area contributed by atoms with Gasteiger partial charge in [0.05, 0.1) is 24.9 Å². The summed E-state index contributed by atoms with van der Waals surface area (Å²) in [4.78, 5) is 35.9. The van der Waals surface area contributed by atoms with Crippen LogP contribution in [0.25, 0.3) is 16.9 Å². The first kappa shape index (κ1) is 23.3.